The van der Waals surface area contributed by atoms with Gasteiger partial charge in [0.05, 0.1) is 5.75 Å². The predicted octanol–water partition coefficient (Wildman–Crippen LogP) is 2.31. The molecule has 1 aliphatic rings. The standard InChI is InChI=1S/C17H26N6OS/c1-3-4-8-23-11-7-18-16(23)14-5-9-22(10-6-14)15(24)12-25-17-20-19-13-21(17)2/h7,11,13-14H,3-6,8-10,12H2,1-2H3. The van der Waals surface area contributed by atoms with Crippen molar-refractivity contribution < 1.29 is 4.79 Å². The highest BCUT2D eigenvalue weighted by Gasteiger charge is 2.26. The molecule has 0 atom stereocenters. The monoisotopic (exact) mass is 362 g/mol. The van der Waals surface area contributed by atoms with Gasteiger partial charge < -0.3 is 14.0 Å². The first-order valence-electron chi connectivity index (χ1n) is 8.94. The van der Waals surface area contributed by atoms with E-state index in [4.69, 9.17) is 0 Å². The maximum absolute atomic E-state index is 12.4. The van der Waals surface area contributed by atoms with Gasteiger partial charge in [-0.25, -0.2) is 4.98 Å². The van der Waals surface area contributed by atoms with E-state index in [1.807, 2.05) is 22.7 Å². The first kappa shape index (κ1) is 18.0. The number of imidazole rings is 1. The second kappa shape index (κ2) is 8.51. The van der Waals surface area contributed by atoms with E-state index in [1.165, 1.54) is 30.4 Å². The molecule has 0 spiro atoms. The number of unbranched alkanes of at least 4 members (excludes halogenated alkanes) is 1. The highest BCUT2D eigenvalue weighted by atomic mass is 32.2. The van der Waals surface area contributed by atoms with E-state index in [1.54, 1.807) is 6.33 Å². The topological polar surface area (TPSA) is 68.8 Å². The largest absolute Gasteiger partial charge is 0.342 e. The molecule has 0 unspecified atom stereocenters. The van der Waals surface area contributed by atoms with E-state index in [0.717, 1.165) is 37.6 Å². The second-order valence-corrected chi connectivity index (χ2v) is 7.44. The molecule has 8 heteroatoms. The number of nitrogens with zero attached hydrogens (tertiary/aromatic N) is 6. The van der Waals surface area contributed by atoms with Crippen molar-refractivity contribution in [3.63, 3.8) is 0 Å². The van der Waals surface area contributed by atoms with Crippen molar-refractivity contribution in [1.29, 1.82) is 0 Å². The van der Waals surface area contributed by atoms with E-state index >= 15 is 0 Å². The molecule has 7 nitrogen and oxygen atoms in total. The van der Waals surface area contributed by atoms with E-state index in [-0.39, 0.29) is 5.91 Å². The van der Waals surface area contributed by atoms with Crippen molar-refractivity contribution in [2.45, 2.75) is 50.2 Å². The highest BCUT2D eigenvalue weighted by molar-refractivity contribution is 7.99. The first-order chi connectivity index (χ1) is 12.2. The molecule has 2 aromatic rings. The summed E-state index contributed by atoms with van der Waals surface area (Å²) in [6.45, 7) is 4.87. The molecule has 3 rings (SSSR count). The molecule has 1 saturated heterocycles. The van der Waals surface area contributed by atoms with Gasteiger partial charge in [0, 0.05) is 45.0 Å². The molecule has 1 aliphatic heterocycles. The minimum Gasteiger partial charge on any atom is -0.342 e. The lowest BCUT2D eigenvalue weighted by molar-refractivity contribution is -0.129. The van der Waals surface area contributed by atoms with Gasteiger partial charge in [-0.2, -0.15) is 0 Å². The minimum absolute atomic E-state index is 0.181. The fourth-order valence-corrected chi connectivity index (χ4v) is 4.00. The lowest BCUT2D eigenvalue weighted by Crippen LogP contribution is -2.39. The van der Waals surface area contributed by atoms with Gasteiger partial charge in [0.15, 0.2) is 5.16 Å². The third-order valence-electron chi connectivity index (χ3n) is 4.71. The molecule has 3 heterocycles. The number of thioether (sulfide) groups is 1. The van der Waals surface area contributed by atoms with Crippen LogP contribution < -0.4 is 0 Å². The van der Waals surface area contributed by atoms with Crippen LogP contribution in [0.2, 0.25) is 0 Å². The molecular weight excluding hydrogens is 336 g/mol. The zero-order chi connectivity index (χ0) is 17.6. The predicted molar refractivity (Wildman–Crippen MR) is 97.4 cm³/mol. The van der Waals surface area contributed by atoms with Crippen LogP contribution in [-0.4, -0.2) is 54.0 Å². The van der Waals surface area contributed by atoms with E-state index in [9.17, 15) is 4.79 Å². The van der Waals surface area contributed by atoms with E-state index in [0.29, 0.717) is 11.7 Å². The van der Waals surface area contributed by atoms with Crippen LogP contribution in [0.4, 0.5) is 0 Å². The molecule has 0 aromatic carbocycles. The van der Waals surface area contributed by atoms with Crippen molar-refractivity contribution in [2.24, 2.45) is 7.05 Å². The number of likely N-dealkylation sites (tertiary alicyclic amines) is 1. The summed E-state index contributed by atoms with van der Waals surface area (Å²) in [5.41, 5.74) is 0. The zero-order valence-electron chi connectivity index (χ0n) is 15.0. The van der Waals surface area contributed by atoms with Crippen LogP contribution in [0.1, 0.15) is 44.3 Å². The van der Waals surface area contributed by atoms with Crippen molar-refractivity contribution in [3.05, 3.63) is 24.5 Å². The number of hydrogen-bond donors (Lipinski definition) is 0. The fourth-order valence-electron chi connectivity index (χ4n) is 3.21. The van der Waals surface area contributed by atoms with Crippen molar-refractivity contribution in [2.75, 3.05) is 18.8 Å². The zero-order valence-corrected chi connectivity index (χ0v) is 15.8. The van der Waals surface area contributed by atoms with Crippen molar-refractivity contribution >= 4 is 17.7 Å². The van der Waals surface area contributed by atoms with Crippen LogP contribution >= 0.6 is 11.8 Å². The summed E-state index contributed by atoms with van der Waals surface area (Å²) >= 11 is 1.45. The van der Waals surface area contributed by atoms with Gasteiger partial charge >= 0.3 is 0 Å². The molecule has 0 saturated carbocycles. The van der Waals surface area contributed by atoms with Gasteiger partial charge in [-0.1, -0.05) is 25.1 Å². The Morgan fingerprint density at radius 1 is 1.36 bits per heavy atom. The first-order valence-corrected chi connectivity index (χ1v) is 9.93. The third kappa shape index (κ3) is 4.42. The lowest BCUT2D eigenvalue weighted by Gasteiger charge is -2.32. The summed E-state index contributed by atoms with van der Waals surface area (Å²) < 4.78 is 4.12. The van der Waals surface area contributed by atoms with Crippen LogP contribution in [0.5, 0.6) is 0 Å². The molecule has 0 bridgehead atoms. The molecule has 136 valence electrons. The molecule has 0 radical (unpaired) electrons. The molecular formula is C17H26N6OS. The minimum atomic E-state index is 0.181. The summed E-state index contributed by atoms with van der Waals surface area (Å²) in [7, 11) is 1.89. The van der Waals surface area contributed by atoms with Crippen LogP contribution in [0, 0.1) is 0 Å². The van der Waals surface area contributed by atoms with Gasteiger partial charge in [0.25, 0.3) is 0 Å². The molecule has 1 amide bonds. The van der Waals surface area contributed by atoms with Crippen molar-refractivity contribution in [1.82, 2.24) is 29.2 Å². The van der Waals surface area contributed by atoms with E-state index < -0.39 is 0 Å². The van der Waals surface area contributed by atoms with Gasteiger partial charge in [0.2, 0.25) is 5.91 Å². The van der Waals surface area contributed by atoms with Crippen molar-refractivity contribution in [3.8, 4) is 0 Å². The number of aromatic nitrogens is 5. The molecule has 1 fully saturated rings. The Labute approximate surface area is 152 Å². The van der Waals surface area contributed by atoms with Crippen LogP contribution in [0.15, 0.2) is 23.9 Å². The lowest BCUT2D eigenvalue weighted by atomic mass is 9.96. The Hall–Kier alpha value is -1.83. The second-order valence-electron chi connectivity index (χ2n) is 6.50. The quantitative estimate of drug-likeness (QED) is 0.707. The summed E-state index contributed by atoms with van der Waals surface area (Å²) in [6.07, 6.45) is 9.99. The van der Waals surface area contributed by atoms with Gasteiger partial charge in [-0.05, 0) is 19.3 Å². The van der Waals surface area contributed by atoms with Gasteiger partial charge in [-0.3, -0.25) is 4.79 Å². The van der Waals surface area contributed by atoms with Crippen LogP contribution in [0.3, 0.4) is 0 Å². The van der Waals surface area contributed by atoms with Gasteiger partial charge in [-0.15, -0.1) is 10.2 Å². The van der Waals surface area contributed by atoms with Gasteiger partial charge in [0.1, 0.15) is 12.2 Å². The number of carbonyl (C=O) groups is 1. The molecule has 0 aliphatic carbocycles. The Bertz CT molecular complexity index is 689. The number of aryl methyl sites for hydroxylation is 2. The highest BCUT2D eigenvalue weighted by Crippen LogP contribution is 2.27. The Balaban J connectivity index is 1.49. The summed E-state index contributed by atoms with van der Waals surface area (Å²) in [4.78, 5) is 19.0. The van der Waals surface area contributed by atoms with Crippen LogP contribution in [0.25, 0.3) is 0 Å². The number of rotatable bonds is 7. The smallest absolute Gasteiger partial charge is 0.233 e. The Morgan fingerprint density at radius 2 is 2.16 bits per heavy atom. The summed E-state index contributed by atoms with van der Waals surface area (Å²) in [5, 5.41) is 8.62. The number of piperidine rings is 1. The molecule has 0 N–H and O–H groups in total. The SMILES string of the molecule is CCCCn1ccnc1C1CCN(C(=O)CSc2nncn2C)CC1. The maximum Gasteiger partial charge on any atom is 0.233 e. The Kier molecular flexibility index (Phi) is 6.12. The van der Waals surface area contributed by atoms with Crippen LogP contribution in [-0.2, 0) is 18.4 Å². The Morgan fingerprint density at radius 3 is 2.84 bits per heavy atom. The summed E-state index contributed by atoms with van der Waals surface area (Å²) in [6, 6.07) is 0. The number of carbonyl (C=O) groups excluding carboxylic acids is 1. The average Bonchev–Trinajstić information content (AvgIpc) is 3.26. The maximum atomic E-state index is 12.4. The van der Waals surface area contributed by atoms with E-state index in [2.05, 4.69) is 32.9 Å². The molecule has 2 aromatic heterocycles. The average molecular weight is 363 g/mol. The summed E-state index contributed by atoms with van der Waals surface area (Å²) in [5.74, 6) is 2.25. The number of hydrogen-bond acceptors (Lipinski definition) is 5. The number of amides is 1. The molecule has 25 heavy (non-hydrogen) atoms. The fraction of sp³-hybridized carbons (Fsp3) is 0.647. The third-order valence-corrected chi connectivity index (χ3v) is 5.73. The normalized spacial score (nSPS) is 15.7.